The van der Waals surface area contributed by atoms with E-state index in [1.807, 2.05) is 0 Å². The van der Waals surface area contributed by atoms with Gasteiger partial charge in [0.2, 0.25) is 0 Å². The number of rotatable bonds is 1. The van der Waals surface area contributed by atoms with Crippen LogP contribution in [0.4, 0.5) is 13.2 Å². The first kappa shape index (κ1) is 11.1. The summed E-state index contributed by atoms with van der Waals surface area (Å²) in [7, 11) is 0. The van der Waals surface area contributed by atoms with Crippen LogP contribution in [0, 0.1) is 0 Å². The van der Waals surface area contributed by atoms with Crippen LogP contribution in [0.15, 0.2) is 27.4 Å². The van der Waals surface area contributed by atoms with Gasteiger partial charge in [-0.25, -0.2) is 4.79 Å². The Bertz CT molecular complexity index is 572. The van der Waals surface area contributed by atoms with E-state index in [4.69, 9.17) is 11.6 Å². The van der Waals surface area contributed by atoms with Crippen LogP contribution < -0.4 is 5.76 Å². The second-order valence-electron chi connectivity index (χ2n) is 3.17. The Morgan fingerprint density at radius 3 is 2.69 bits per heavy atom. The number of halogens is 4. The number of alkyl halides is 4. The van der Waals surface area contributed by atoms with Crippen LogP contribution >= 0.6 is 11.6 Å². The molecule has 0 saturated heterocycles. The summed E-state index contributed by atoms with van der Waals surface area (Å²) in [6, 6.07) is 3.61. The Hall–Kier alpha value is -1.43. The summed E-state index contributed by atoms with van der Waals surface area (Å²) in [5.74, 6) is -0.717. The molecule has 86 valence electrons. The van der Waals surface area contributed by atoms with Crippen LogP contribution in [0.5, 0.6) is 0 Å². The minimum absolute atomic E-state index is 0.0531. The van der Waals surface area contributed by atoms with E-state index in [9.17, 15) is 18.0 Å². The summed E-state index contributed by atoms with van der Waals surface area (Å²) in [6.07, 6.45) is -4.54. The number of benzene rings is 1. The molecule has 3 nitrogen and oxygen atoms in total. The lowest BCUT2D eigenvalue weighted by Crippen LogP contribution is -2.15. The van der Waals surface area contributed by atoms with Gasteiger partial charge in [0.15, 0.2) is 11.0 Å². The van der Waals surface area contributed by atoms with Crippen molar-refractivity contribution in [3.63, 3.8) is 0 Å². The van der Waals surface area contributed by atoms with Crippen LogP contribution in [0.3, 0.4) is 0 Å². The van der Waals surface area contributed by atoms with Crippen LogP contribution in [-0.4, -0.2) is 11.2 Å². The van der Waals surface area contributed by atoms with Gasteiger partial charge in [-0.15, -0.1) is 11.6 Å². The normalized spacial score (nSPS) is 14.2. The summed E-state index contributed by atoms with van der Waals surface area (Å²) in [5, 5.41) is -2.11. The first-order valence-electron chi connectivity index (χ1n) is 4.21. The van der Waals surface area contributed by atoms with Crippen LogP contribution in [0.2, 0.25) is 0 Å². The number of hydrogen-bond donors (Lipinski definition) is 1. The Morgan fingerprint density at radius 1 is 1.38 bits per heavy atom. The lowest BCUT2D eigenvalue weighted by atomic mass is 10.1. The van der Waals surface area contributed by atoms with E-state index in [2.05, 4.69) is 9.40 Å². The molecule has 0 amide bonds. The number of hydrogen-bond acceptors (Lipinski definition) is 2. The van der Waals surface area contributed by atoms with Crippen molar-refractivity contribution in [2.24, 2.45) is 0 Å². The smallest absolute Gasteiger partial charge is 0.408 e. The number of oxazole rings is 1. The maximum Gasteiger partial charge on any atom is 0.417 e. The van der Waals surface area contributed by atoms with Gasteiger partial charge in [0.25, 0.3) is 0 Å². The maximum absolute atomic E-state index is 12.3. The van der Waals surface area contributed by atoms with Crippen molar-refractivity contribution in [3.05, 3.63) is 34.3 Å². The molecule has 16 heavy (non-hydrogen) atoms. The summed E-state index contributed by atoms with van der Waals surface area (Å²) in [5.41, 5.74) is 0.224. The summed E-state index contributed by atoms with van der Waals surface area (Å²) < 4.78 is 41.6. The SMILES string of the molecule is O=c1[nH]c2ccc(C(Cl)C(F)(F)F)cc2o1. The molecule has 1 heterocycles. The van der Waals surface area contributed by atoms with Crippen molar-refractivity contribution >= 4 is 22.7 Å². The lowest BCUT2D eigenvalue weighted by molar-refractivity contribution is -0.131. The topological polar surface area (TPSA) is 46.0 Å². The first-order valence-corrected chi connectivity index (χ1v) is 4.65. The quantitative estimate of drug-likeness (QED) is 0.792. The third kappa shape index (κ3) is 1.92. The molecule has 0 bridgehead atoms. The standard InChI is InChI=1S/C9H5ClF3NO2/c10-7(9(11,12)13)4-1-2-5-6(3-4)16-8(15)14-5/h1-3,7H,(H,14,15). The number of nitrogens with one attached hydrogen (secondary N) is 1. The fourth-order valence-electron chi connectivity index (χ4n) is 1.31. The minimum atomic E-state index is -4.54. The van der Waals surface area contributed by atoms with Crippen molar-refractivity contribution in [2.45, 2.75) is 11.6 Å². The minimum Gasteiger partial charge on any atom is -0.408 e. The first-order chi connectivity index (χ1) is 7.38. The van der Waals surface area contributed by atoms with Crippen molar-refractivity contribution in [2.75, 3.05) is 0 Å². The molecule has 2 rings (SSSR count). The van der Waals surface area contributed by atoms with E-state index in [-0.39, 0.29) is 11.1 Å². The zero-order valence-corrected chi connectivity index (χ0v) is 8.39. The number of aromatic amines is 1. The Morgan fingerprint density at radius 2 is 2.06 bits per heavy atom. The van der Waals surface area contributed by atoms with Crippen molar-refractivity contribution in [1.29, 1.82) is 0 Å². The van der Waals surface area contributed by atoms with E-state index in [0.29, 0.717) is 5.52 Å². The van der Waals surface area contributed by atoms with Gasteiger partial charge in [0, 0.05) is 0 Å². The van der Waals surface area contributed by atoms with Crippen LogP contribution in [-0.2, 0) is 0 Å². The van der Waals surface area contributed by atoms with E-state index < -0.39 is 17.3 Å². The molecule has 7 heteroatoms. The van der Waals surface area contributed by atoms with Gasteiger partial charge in [0.05, 0.1) is 5.52 Å². The molecule has 0 fully saturated rings. The van der Waals surface area contributed by atoms with Gasteiger partial charge < -0.3 is 4.42 Å². The highest BCUT2D eigenvalue weighted by atomic mass is 35.5. The summed E-state index contributed by atoms with van der Waals surface area (Å²) in [4.78, 5) is 13.1. The summed E-state index contributed by atoms with van der Waals surface area (Å²) in [6.45, 7) is 0. The summed E-state index contributed by atoms with van der Waals surface area (Å²) >= 11 is 5.23. The van der Waals surface area contributed by atoms with Crippen LogP contribution in [0.1, 0.15) is 10.9 Å². The highest BCUT2D eigenvalue weighted by Gasteiger charge is 2.39. The van der Waals surface area contributed by atoms with Crippen LogP contribution in [0.25, 0.3) is 11.1 Å². The highest BCUT2D eigenvalue weighted by Crippen LogP contribution is 2.38. The molecule has 1 N–H and O–H groups in total. The van der Waals surface area contributed by atoms with Gasteiger partial charge in [-0.05, 0) is 17.7 Å². The largest absolute Gasteiger partial charge is 0.417 e. The zero-order valence-electron chi connectivity index (χ0n) is 7.64. The second-order valence-corrected chi connectivity index (χ2v) is 3.61. The molecule has 0 aliphatic heterocycles. The maximum atomic E-state index is 12.3. The highest BCUT2D eigenvalue weighted by molar-refractivity contribution is 6.21. The lowest BCUT2D eigenvalue weighted by Gasteiger charge is -2.13. The van der Waals surface area contributed by atoms with Gasteiger partial charge in [-0.3, -0.25) is 4.98 Å². The molecule has 0 aliphatic rings. The average Bonchev–Trinajstić information content (AvgIpc) is 2.54. The van der Waals surface area contributed by atoms with E-state index in [0.717, 1.165) is 6.07 Å². The monoisotopic (exact) mass is 251 g/mol. The Labute approximate surface area is 91.8 Å². The molecule has 0 aliphatic carbocycles. The fourth-order valence-corrected chi connectivity index (χ4v) is 1.44. The third-order valence-corrected chi connectivity index (χ3v) is 2.52. The molecule has 0 saturated carbocycles. The Kier molecular flexibility index (Phi) is 2.46. The molecule has 0 radical (unpaired) electrons. The van der Waals surface area contributed by atoms with E-state index in [1.54, 1.807) is 0 Å². The fraction of sp³-hybridized carbons (Fsp3) is 0.222. The zero-order chi connectivity index (χ0) is 11.9. The van der Waals surface area contributed by atoms with Gasteiger partial charge in [-0.1, -0.05) is 6.07 Å². The van der Waals surface area contributed by atoms with Crippen molar-refractivity contribution in [3.8, 4) is 0 Å². The molecule has 1 aromatic heterocycles. The molecule has 1 aromatic carbocycles. The predicted octanol–water partition coefficient (Wildman–Crippen LogP) is 2.96. The molecule has 0 spiro atoms. The third-order valence-electron chi connectivity index (χ3n) is 2.03. The van der Waals surface area contributed by atoms with E-state index in [1.165, 1.54) is 12.1 Å². The van der Waals surface area contributed by atoms with Gasteiger partial charge in [0.1, 0.15) is 0 Å². The molecule has 2 aromatic rings. The van der Waals surface area contributed by atoms with E-state index >= 15 is 0 Å². The molecule has 1 atom stereocenters. The molecular formula is C9H5ClF3NO2. The molecular weight excluding hydrogens is 247 g/mol. The average molecular weight is 252 g/mol. The molecule has 1 unspecified atom stereocenters. The van der Waals surface area contributed by atoms with Crippen molar-refractivity contribution in [1.82, 2.24) is 4.98 Å². The van der Waals surface area contributed by atoms with Crippen molar-refractivity contribution < 1.29 is 17.6 Å². The number of H-pyrrole nitrogens is 1. The predicted molar refractivity (Wildman–Crippen MR) is 51.5 cm³/mol. The number of aromatic nitrogens is 1. The van der Waals surface area contributed by atoms with Gasteiger partial charge >= 0.3 is 11.9 Å². The second kappa shape index (κ2) is 3.55. The Balaban J connectivity index is 2.50. The number of fused-ring (bicyclic) bond motifs is 1. The van der Waals surface area contributed by atoms with Gasteiger partial charge in [-0.2, -0.15) is 13.2 Å².